The Morgan fingerprint density at radius 2 is 0.642 bits per heavy atom. The summed E-state index contributed by atoms with van der Waals surface area (Å²) in [6.07, 6.45) is 23.5. The Hall–Kier alpha value is -4.24. The number of aliphatic carboxylic acids is 4. The van der Waals surface area contributed by atoms with Crippen LogP contribution >= 0.6 is 0 Å². The molecule has 5 atom stereocenters. The van der Waals surface area contributed by atoms with E-state index in [1.54, 1.807) is 0 Å². The molecule has 81 heavy (non-hydrogen) atoms. The van der Waals surface area contributed by atoms with E-state index in [2.05, 4.69) is 76.2 Å². The number of carboxylic acid groups (broad SMARTS) is 4. The van der Waals surface area contributed by atoms with Crippen molar-refractivity contribution in [2.24, 2.45) is 41.4 Å². The number of carbonyl (C=O) groups is 8. The molecule has 0 saturated carbocycles. The molecule has 0 saturated heterocycles. The fraction of sp³-hybridized carbons (Fsp3) is 0.877. The molecule has 0 aliphatic heterocycles. The Bertz CT molecular complexity index is 1640. The van der Waals surface area contributed by atoms with E-state index in [1.807, 2.05) is 27.7 Å². The van der Waals surface area contributed by atoms with Gasteiger partial charge < -0.3 is 39.4 Å². The van der Waals surface area contributed by atoms with E-state index >= 15 is 0 Å². The minimum atomic E-state index is -0.874. The van der Waals surface area contributed by atoms with Crippen LogP contribution in [0.3, 0.4) is 0 Å². The highest BCUT2D eigenvalue weighted by atomic mass is 16.6. The maximum atomic E-state index is 11.7. The van der Waals surface area contributed by atoms with Gasteiger partial charge in [0.25, 0.3) is 0 Å². The number of carboxylic acids is 4. The molecule has 0 heterocycles. The molecule has 0 radical (unpaired) electrons. The average Bonchev–Trinajstić information content (AvgIpc) is 3.33. The second-order valence-electron chi connectivity index (χ2n) is 25.1. The third-order valence-corrected chi connectivity index (χ3v) is 14.3. The standard InChI is InChI=1S/C20H38O4.3C15H28O4/c1-16(2)8-5-9-17(3)10-6-11-18(4)14-15-24-20(23)13-7-12-19(21)22;1-12(2)6-4-7-13(3)10-11-19-15(18)9-5-8-14(16)17;1-5-12(2)8-7-11-15(3,4)19-14(18)10-6-9-13(16)17;1-5-15(4,11-7-8-12(2)3)19-14(18)10-6-9-13(16)17/h16-18H,5-15H2,1-4H3,(H,21,22);12-13H,4-11H2,1-3H3,(H,16,17);2*12H,5-11H2,1-4H3,(H,16,17). The zero-order valence-corrected chi connectivity index (χ0v) is 54.1. The summed E-state index contributed by atoms with van der Waals surface area (Å²) in [5.41, 5.74) is -0.858. The third-order valence-electron chi connectivity index (χ3n) is 14.3. The van der Waals surface area contributed by atoms with Crippen LogP contribution in [0.2, 0.25) is 0 Å². The summed E-state index contributed by atoms with van der Waals surface area (Å²) in [5, 5.41) is 34.0. The van der Waals surface area contributed by atoms with Crippen molar-refractivity contribution in [1.82, 2.24) is 0 Å². The number of hydrogen-bond acceptors (Lipinski definition) is 12. The molecule has 0 fully saturated rings. The summed E-state index contributed by atoms with van der Waals surface area (Å²) in [7, 11) is 0. The zero-order chi connectivity index (χ0) is 62.8. The van der Waals surface area contributed by atoms with Crippen LogP contribution in [0.1, 0.15) is 303 Å². The van der Waals surface area contributed by atoms with E-state index < -0.39 is 35.1 Å². The Balaban J connectivity index is -0.000000491. The van der Waals surface area contributed by atoms with E-state index in [0.717, 1.165) is 75.5 Å². The van der Waals surface area contributed by atoms with Crippen molar-refractivity contribution in [2.45, 2.75) is 314 Å². The predicted octanol–water partition coefficient (Wildman–Crippen LogP) is 16.6. The van der Waals surface area contributed by atoms with Crippen molar-refractivity contribution in [3.8, 4) is 0 Å². The molecule has 0 aromatic carbocycles. The maximum Gasteiger partial charge on any atom is 0.306 e. The molecule has 0 aromatic heterocycles. The molecule has 478 valence electrons. The van der Waals surface area contributed by atoms with Crippen molar-refractivity contribution < 1.29 is 77.7 Å². The molecule has 16 nitrogen and oxygen atoms in total. The first kappa shape index (κ1) is 83.2. The van der Waals surface area contributed by atoms with Crippen molar-refractivity contribution in [3.63, 3.8) is 0 Å². The number of hydrogen-bond donors (Lipinski definition) is 4. The SMILES string of the molecule is CC(C)CCCC(C)CCCC(C)CCOC(=O)CCCC(=O)O.CC(C)CCCC(C)CCOC(=O)CCCC(=O)O.CCC(C)(CCCC(C)C)OC(=O)CCCC(=O)O.CCC(C)CCCC(C)(C)OC(=O)CCCC(=O)O. The van der Waals surface area contributed by atoms with E-state index in [9.17, 15) is 38.4 Å². The van der Waals surface area contributed by atoms with Gasteiger partial charge in [0.2, 0.25) is 0 Å². The van der Waals surface area contributed by atoms with E-state index in [1.165, 1.54) is 64.2 Å². The van der Waals surface area contributed by atoms with Crippen molar-refractivity contribution in [2.75, 3.05) is 13.2 Å². The number of rotatable bonds is 46. The van der Waals surface area contributed by atoms with Gasteiger partial charge in [-0.2, -0.15) is 0 Å². The van der Waals surface area contributed by atoms with Gasteiger partial charge in [0, 0.05) is 51.4 Å². The van der Waals surface area contributed by atoms with Gasteiger partial charge in [0.15, 0.2) is 0 Å². The highest BCUT2D eigenvalue weighted by molar-refractivity contribution is 5.73. The van der Waals surface area contributed by atoms with Crippen molar-refractivity contribution in [3.05, 3.63) is 0 Å². The quantitative estimate of drug-likeness (QED) is 0.0326. The topological polar surface area (TPSA) is 254 Å². The van der Waals surface area contributed by atoms with Crippen LogP contribution in [-0.4, -0.2) is 92.6 Å². The molecular formula is C65H122O16. The molecule has 0 aromatic rings. The fourth-order valence-electron chi connectivity index (χ4n) is 8.43. The van der Waals surface area contributed by atoms with E-state index in [0.29, 0.717) is 62.6 Å². The molecule has 4 N–H and O–H groups in total. The molecule has 16 heteroatoms. The lowest BCUT2D eigenvalue weighted by atomic mass is 9.93. The number of ether oxygens (including phenoxy) is 4. The Morgan fingerprint density at radius 3 is 0.975 bits per heavy atom. The molecule has 0 rings (SSSR count). The average molecular weight is 1160 g/mol. The first-order valence-corrected chi connectivity index (χ1v) is 31.4. The van der Waals surface area contributed by atoms with Crippen LogP contribution < -0.4 is 0 Å². The molecule has 5 unspecified atom stereocenters. The van der Waals surface area contributed by atoms with Gasteiger partial charge >= 0.3 is 47.8 Å². The van der Waals surface area contributed by atoms with Crippen LogP contribution in [0.4, 0.5) is 0 Å². The molecular weight excluding hydrogens is 1040 g/mol. The summed E-state index contributed by atoms with van der Waals surface area (Å²) in [6.45, 7) is 33.2. The fourth-order valence-corrected chi connectivity index (χ4v) is 8.43. The van der Waals surface area contributed by atoms with Gasteiger partial charge in [-0.1, -0.05) is 160 Å². The lowest BCUT2D eigenvalue weighted by Crippen LogP contribution is -2.31. The minimum Gasteiger partial charge on any atom is -0.481 e. The summed E-state index contributed by atoms with van der Waals surface area (Å²) in [5.74, 6) is 0.263. The third kappa shape index (κ3) is 66.4. The number of esters is 4. The summed E-state index contributed by atoms with van der Waals surface area (Å²) >= 11 is 0. The highest BCUT2D eigenvalue weighted by Gasteiger charge is 2.27. The summed E-state index contributed by atoms with van der Waals surface area (Å²) in [6, 6.07) is 0. The van der Waals surface area contributed by atoms with Gasteiger partial charge in [-0.05, 0) is 133 Å². The van der Waals surface area contributed by atoms with Gasteiger partial charge in [0.05, 0.1) is 13.2 Å². The minimum absolute atomic E-state index is 0.0174. The van der Waals surface area contributed by atoms with Gasteiger partial charge in [-0.3, -0.25) is 38.4 Å². The molecule has 0 aliphatic carbocycles. The first-order chi connectivity index (χ1) is 37.8. The van der Waals surface area contributed by atoms with Crippen LogP contribution in [0.5, 0.6) is 0 Å². The Morgan fingerprint density at radius 1 is 0.346 bits per heavy atom. The molecule has 0 amide bonds. The van der Waals surface area contributed by atoms with Gasteiger partial charge in [-0.15, -0.1) is 0 Å². The molecule has 0 aliphatic rings. The summed E-state index contributed by atoms with van der Waals surface area (Å²) < 4.78 is 21.2. The van der Waals surface area contributed by atoms with E-state index in [-0.39, 0.29) is 75.2 Å². The first-order valence-electron chi connectivity index (χ1n) is 31.4. The normalized spacial score (nSPS) is 13.4. The smallest absolute Gasteiger partial charge is 0.306 e. The Kier molecular flexibility index (Phi) is 54.0. The maximum absolute atomic E-state index is 11.7. The number of carbonyl (C=O) groups excluding carboxylic acids is 4. The van der Waals surface area contributed by atoms with Crippen molar-refractivity contribution in [1.29, 1.82) is 0 Å². The van der Waals surface area contributed by atoms with Gasteiger partial charge in [0.1, 0.15) is 11.2 Å². The van der Waals surface area contributed by atoms with E-state index in [4.69, 9.17) is 39.4 Å². The highest BCUT2D eigenvalue weighted by Crippen LogP contribution is 2.26. The van der Waals surface area contributed by atoms with Crippen LogP contribution in [0.15, 0.2) is 0 Å². The lowest BCUT2D eigenvalue weighted by Gasteiger charge is -2.28. The van der Waals surface area contributed by atoms with Crippen LogP contribution in [0.25, 0.3) is 0 Å². The molecule has 0 bridgehead atoms. The van der Waals surface area contributed by atoms with Crippen LogP contribution in [0, 0.1) is 41.4 Å². The largest absolute Gasteiger partial charge is 0.481 e. The summed E-state index contributed by atoms with van der Waals surface area (Å²) in [4.78, 5) is 87.4. The second kappa shape index (κ2) is 52.6. The van der Waals surface area contributed by atoms with Crippen LogP contribution in [-0.2, 0) is 57.3 Å². The Labute approximate surface area is 492 Å². The van der Waals surface area contributed by atoms with Crippen molar-refractivity contribution >= 4 is 47.8 Å². The van der Waals surface area contributed by atoms with Gasteiger partial charge in [-0.25, -0.2) is 0 Å². The second-order valence-corrected chi connectivity index (χ2v) is 25.1. The molecule has 0 spiro atoms. The lowest BCUT2D eigenvalue weighted by molar-refractivity contribution is -0.160. The predicted molar refractivity (Wildman–Crippen MR) is 323 cm³/mol. The monoisotopic (exact) mass is 1160 g/mol. The zero-order valence-electron chi connectivity index (χ0n) is 54.1.